The third-order valence-electron chi connectivity index (χ3n) is 2.99. The first-order valence-electron chi connectivity index (χ1n) is 6.48. The van der Waals surface area contributed by atoms with Gasteiger partial charge >= 0.3 is 5.97 Å². The van der Waals surface area contributed by atoms with Gasteiger partial charge in [-0.1, -0.05) is 6.07 Å². The van der Waals surface area contributed by atoms with Gasteiger partial charge in [-0.15, -0.1) is 0 Å². The number of fused-ring (bicyclic) bond motifs is 1. The highest BCUT2D eigenvalue weighted by Crippen LogP contribution is 2.25. The van der Waals surface area contributed by atoms with Crippen LogP contribution in [0, 0.1) is 0 Å². The molecule has 0 fully saturated rings. The molecule has 5 heteroatoms. The SMILES string of the molecule is CN(C)CCCOc1nccc2c(C(=O)O)cccc12. The summed E-state index contributed by atoms with van der Waals surface area (Å²) < 4.78 is 5.67. The zero-order valence-corrected chi connectivity index (χ0v) is 11.7. The summed E-state index contributed by atoms with van der Waals surface area (Å²) in [6, 6.07) is 6.82. The maximum absolute atomic E-state index is 11.2. The summed E-state index contributed by atoms with van der Waals surface area (Å²) in [4.78, 5) is 17.5. The van der Waals surface area contributed by atoms with Crippen molar-refractivity contribution in [2.24, 2.45) is 0 Å². The molecule has 0 atom stereocenters. The number of aromatic carboxylic acids is 1. The van der Waals surface area contributed by atoms with Crippen molar-refractivity contribution in [2.75, 3.05) is 27.2 Å². The molecule has 1 aromatic carbocycles. The first-order valence-corrected chi connectivity index (χ1v) is 6.48. The van der Waals surface area contributed by atoms with Crippen molar-refractivity contribution in [3.8, 4) is 5.88 Å². The van der Waals surface area contributed by atoms with Gasteiger partial charge in [0.2, 0.25) is 5.88 Å². The van der Waals surface area contributed by atoms with Crippen molar-refractivity contribution in [1.82, 2.24) is 9.88 Å². The summed E-state index contributed by atoms with van der Waals surface area (Å²) in [7, 11) is 4.02. The summed E-state index contributed by atoms with van der Waals surface area (Å²) in [6.45, 7) is 1.49. The predicted octanol–water partition coefficient (Wildman–Crippen LogP) is 2.26. The number of ether oxygens (including phenoxy) is 1. The third-order valence-corrected chi connectivity index (χ3v) is 2.99. The van der Waals surface area contributed by atoms with E-state index in [-0.39, 0.29) is 5.56 Å². The number of hydrogen-bond donors (Lipinski definition) is 1. The Balaban J connectivity index is 2.22. The molecule has 2 aromatic rings. The fourth-order valence-electron chi connectivity index (χ4n) is 2.03. The average Bonchev–Trinajstić information content (AvgIpc) is 2.42. The summed E-state index contributed by atoms with van der Waals surface area (Å²) in [6.07, 6.45) is 2.47. The monoisotopic (exact) mass is 274 g/mol. The van der Waals surface area contributed by atoms with E-state index in [1.165, 1.54) is 0 Å². The standard InChI is InChI=1S/C15H18N2O3/c1-17(2)9-4-10-20-14-12-5-3-6-13(15(18)19)11(12)7-8-16-14/h3,5-8H,4,9-10H2,1-2H3,(H,18,19). The smallest absolute Gasteiger partial charge is 0.336 e. The molecule has 20 heavy (non-hydrogen) atoms. The molecule has 0 aliphatic rings. The summed E-state index contributed by atoms with van der Waals surface area (Å²) >= 11 is 0. The van der Waals surface area contributed by atoms with E-state index in [0.29, 0.717) is 17.9 Å². The zero-order chi connectivity index (χ0) is 14.5. The van der Waals surface area contributed by atoms with Gasteiger partial charge in [0.05, 0.1) is 12.2 Å². The van der Waals surface area contributed by atoms with E-state index in [1.54, 1.807) is 24.4 Å². The van der Waals surface area contributed by atoms with Gasteiger partial charge in [-0.05, 0) is 38.7 Å². The molecule has 1 N–H and O–H groups in total. The zero-order valence-electron chi connectivity index (χ0n) is 11.7. The van der Waals surface area contributed by atoms with E-state index in [0.717, 1.165) is 18.4 Å². The molecule has 0 aliphatic heterocycles. The number of pyridine rings is 1. The lowest BCUT2D eigenvalue weighted by molar-refractivity contribution is 0.0699. The van der Waals surface area contributed by atoms with Gasteiger partial charge in [-0.3, -0.25) is 0 Å². The fraction of sp³-hybridized carbons (Fsp3) is 0.333. The Kier molecular flexibility index (Phi) is 4.53. The second-order valence-corrected chi connectivity index (χ2v) is 4.83. The Morgan fingerprint density at radius 2 is 2.10 bits per heavy atom. The van der Waals surface area contributed by atoms with Gasteiger partial charge in [0.1, 0.15) is 0 Å². The number of carboxylic acid groups (broad SMARTS) is 1. The highest BCUT2D eigenvalue weighted by atomic mass is 16.5. The Morgan fingerprint density at radius 1 is 1.30 bits per heavy atom. The highest BCUT2D eigenvalue weighted by molar-refractivity contribution is 6.04. The van der Waals surface area contributed by atoms with Crippen LogP contribution in [-0.4, -0.2) is 48.2 Å². The van der Waals surface area contributed by atoms with Crippen LogP contribution in [0.25, 0.3) is 10.8 Å². The van der Waals surface area contributed by atoms with E-state index < -0.39 is 5.97 Å². The molecular weight excluding hydrogens is 256 g/mol. The largest absolute Gasteiger partial charge is 0.478 e. The normalized spacial score (nSPS) is 10.9. The molecule has 0 saturated carbocycles. The molecule has 106 valence electrons. The molecule has 0 aliphatic carbocycles. The molecule has 0 unspecified atom stereocenters. The number of nitrogens with zero attached hydrogens (tertiary/aromatic N) is 2. The second kappa shape index (κ2) is 6.34. The number of hydrogen-bond acceptors (Lipinski definition) is 4. The van der Waals surface area contributed by atoms with Gasteiger partial charge in [0.25, 0.3) is 0 Å². The summed E-state index contributed by atoms with van der Waals surface area (Å²) in [5.41, 5.74) is 0.267. The van der Waals surface area contributed by atoms with Crippen LogP contribution in [0.3, 0.4) is 0 Å². The Bertz CT molecular complexity index is 611. The Morgan fingerprint density at radius 3 is 2.80 bits per heavy atom. The predicted molar refractivity (Wildman–Crippen MR) is 77.4 cm³/mol. The van der Waals surface area contributed by atoms with Crippen LogP contribution in [0.1, 0.15) is 16.8 Å². The van der Waals surface area contributed by atoms with Crippen LogP contribution in [0.2, 0.25) is 0 Å². The van der Waals surface area contributed by atoms with Crippen molar-refractivity contribution in [1.29, 1.82) is 0 Å². The molecule has 0 spiro atoms. The molecule has 1 aromatic heterocycles. The first-order chi connectivity index (χ1) is 9.59. The third kappa shape index (κ3) is 3.24. The minimum atomic E-state index is -0.944. The van der Waals surface area contributed by atoms with Crippen molar-refractivity contribution in [2.45, 2.75) is 6.42 Å². The molecule has 0 saturated heterocycles. The van der Waals surface area contributed by atoms with Crippen LogP contribution in [0.4, 0.5) is 0 Å². The van der Waals surface area contributed by atoms with Crippen molar-refractivity contribution < 1.29 is 14.6 Å². The number of benzene rings is 1. The molecule has 5 nitrogen and oxygen atoms in total. The van der Waals surface area contributed by atoms with Crippen molar-refractivity contribution in [3.63, 3.8) is 0 Å². The average molecular weight is 274 g/mol. The first kappa shape index (κ1) is 14.3. The maximum Gasteiger partial charge on any atom is 0.336 e. The van der Waals surface area contributed by atoms with Crippen LogP contribution in [-0.2, 0) is 0 Å². The van der Waals surface area contributed by atoms with Gasteiger partial charge < -0.3 is 14.7 Å². The Labute approximate surface area is 117 Å². The van der Waals surface area contributed by atoms with Gasteiger partial charge in [0.15, 0.2) is 0 Å². The van der Waals surface area contributed by atoms with E-state index in [1.807, 2.05) is 20.2 Å². The van der Waals surface area contributed by atoms with Crippen LogP contribution >= 0.6 is 0 Å². The van der Waals surface area contributed by atoms with Crippen molar-refractivity contribution >= 4 is 16.7 Å². The minimum Gasteiger partial charge on any atom is -0.478 e. The molecule has 0 amide bonds. The van der Waals surface area contributed by atoms with Gasteiger partial charge in [-0.2, -0.15) is 0 Å². The van der Waals surface area contributed by atoms with E-state index in [9.17, 15) is 9.90 Å². The Hall–Kier alpha value is -2.14. The maximum atomic E-state index is 11.2. The second-order valence-electron chi connectivity index (χ2n) is 4.83. The van der Waals surface area contributed by atoms with E-state index in [2.05, 4.69) is 9.88 Å². The molecule has 0 bridgehead atoms. The number of rotatable bonds is 6. The van der Waals surface area contributed by atoms with E-state index in [4.69, 9.17) is 4.74 Å². The molecule has 2 rings (SSSR count). The number of carboxylic acids is 1. The van der Waals surface area contributed by atoms with E-state index >= 15 is 0 Å². The lowest BCUT2D eigenvalue weighted by Crippen LogP contribution is -2.15. The lowest BCUT2D eigenvalue weighted by atomic mass is 10.1. The topological polar surface area (TPSA) is 62.7 Å². The molecule has 1 heterocycles. The van der Waals surface area contributed by atoms with Crippen LogP contribution in [0.5, 0.6) is 5.88 Å². The van der Waals surface area contributed by atoms with Gasteiger partial charge in [-0.25, -0.2) is 9.78 Å². The number of carbonyl (C=O) groups is 1. The molecule has 0 radical (unpaired) electrons. The highest BCUT2D eigenvalue weighted by Gasteiger charge is 2.11. The minimum absolute atomic E-state index is 0.267. The number of aromatic nitrogens is 1. The van der Waals surface area contributed by atoms with Crippen LogP contribution < -0.4 is 4.74 Å². The molecular formula is C15H18N2O3. The van der Waals surface area contributed by atoms with Crippen LogP contribution in [0.15, 0.2) is 30.5 Å². The fourth-order valence-corrected chi connectivity index (χ4v) is 2.03. The lowest BCUT2D eigenvalue weighted by Gasteiger charge is -2.11. The summed E-state index contributed by atoms with van der Waals surface area (Å²) in [5.74, 6) is -0.454. The quantitative estimate of drug-likeness (QED) is 0.819. The summed E-state index contributed by atoms with van der Waals surface area (Å²) in [5, 5.41) is 10.6. The van der Waals surface area contributed by atoms with Crippen molar-refractivity contribution in [3.05, 3.63) is 36.0 Å². The van der Waals surface area contributed by atoms with Gasteiger partial charge in [0, 0.05) is 23.5 Å².